The van der Waals surface area contributed by atoms with Gasteiger partial charge in [-0.3, -0.25) is 4.90 Å². The van der Waals surface area contributed by atoms with Gasteiger partial charge in [0.1, 0.15) is 0 Å². The van der Waals surface area contributed by atoms with Gasteiger partial charge in [-0.05, 0) is 40.7 Å². The normalized spacial score (nSPS) is 11.2. The van der Waals surface area contributed by atoms with Crippen LogP contribution in [0.1, 0.15) is 73.1 Å². The van der Waals surface area contributed by atoms with Crippen molar-refractivity contribution < 1.29 is 0 Å². The van der Waals surface area contributed by atoms with Crippen LogP contribution in [-0.4, -0.2) is 23.5 Å². The topological polar surface area (TPSA) is 3.24 Å². The van der Waals surface area contributed by atoms with Crippen LogP contribution in [0, 0.1) is 0 Å². The highest BCUT2D eigenvalue weighted by Gasteiger charge is 2.11. The lowest BCUT2D eigenvalue weighted by atomic mass is 10.1. The van der Waals surface area contributed by atoms with Crippen molar-refractivity contribution in [3.63, 3.8) is 0 Å². The molecule has 0 aliphatic carbocycles. The predicted molar refractivity (Wildman–Crippen MR) is 77.6 cm³/mol. The van der Waals surface area contributed by atoms with Crippen LogP contribution >= 0.6 is 12.4 Å². The molecule has 0 radical (unpaired) electrons. The number of hydrogen-bond donors (Lipinski definition) is 0. The van der Waals surface area contributed by atoms with E-state index in [-0.39, 0.29) is 12.4 Å². The lowest BCUT2D eigenvalue weighted by molar-refractivity contribution is 0.171. The summed E-state index contributed by atoms with van der Waals surface area (Å²) in [6, 6.07) is 1.39. The van der Waals surface area contributed by atoms with E-state index in [0.717, 1.165) is 0 Å². The molecule has 0 bridgehead atoms. The van der Waals surface area contributed by atoms with E-state index >= 15 is 0 Å². The molecule has 0 aromatic rings. The standard InChI is InChI=1S/C14H31N.ClH/c1-6-7-8-9-10-11-12-15(13(2)3)14(4)5;/h13-14H,6-12H2,1-5H3;1H. The van der Waals surface area contributed by atoms with Gasteiger partial charge in [-0.15, -0.1) is 12.4 Å². The molecule has 1 nitrogen and oxygen atoms in total. The maximum absolute atomic E-state index is 2.60. The SMILES string of the molecule is CCCCCCCCN(C(C)C)C(C)C.Cl. The third-order valence-corrected chi connectivity index (χ3v) is 3.10. The molecule has 0 aliphatic rings. The fraction of sp³-hybridized carbons (Fsp3) is 1.00. The monoisotopic (exact) mass is 249 g/mol. The Morgan fingerprint density at radius 2 is 1.19 bits per heavy atom. The first-order valence-corrected chi connectivity index (χ1v) is 6.85. The van der Waals surface area contributed by atoms with Crippen LogP contribution in [0.4, 0.5) is 0 Å². The highest BCUT2D eigenvalue weighted by atomic mass is 35.5. The maximum atomic E-state index is 2.60. The summed E-state index contributed by atoms with van der Waals surface area (Å²) in [5.41, 5.74) is 0. The molecule has 0 spiro atoms. The van der Waals surface area contributed by atoms with Gasteiger partial charge in [0.15, 0.2) is 0 Å². The molecule has 0 saturated carbocycles. The fourth-order valence-electron chi connectivity index (χ4n) is 2.19. The van der Waals surface area contributed by atoms with Gasteiger partial charge in [0.25, 0.3) is 0 Å². The number of hydrogen-bond acceptors (Lipinski definition) is 1. The van der Waals surface area contributed by atoms with Crippen molar-refractivity contribution >= 4 is 12.4 Å². The lowest BCUT2D eigenvalue weighted by Gasteiger charge is -2.30. The molecule has 0 unspecified atom stereocenters. The highest BCUT2D eigenvalue weighted by Crippen LogP contribution is 2.10. The van der Waals surface area contributed by atoms with Crippen molar-refractivity contribution in [3.05, 3.63) is 0 Å². The van der Waals surface area contributed by atoms with Crippen LogP contribution < -0.4 is 0 Å². The maximum Gasteiger partial charge on any atom is 0.00412 e. The summed E-state index contributed by atoms with van der Waals surface area (Å²) >= 11 is 0. The highest BCUT2D eigenvalue weighted by molar-refractivity contribution is 5.85. The van der Waals surface area contributed by atoms with Crippen molar-refractivity contribution in [2.45, 2.75) is 85.2 Å². The van der Waals surface area contributed by atoms with Crippen LogP contribution in [0.25, 0.3) is 0 Å². The Labute approximate surface area is 109 Å². The minimum atomic E-state index is 0. The summed E-state index contributed by atoms with van der Waals surface area (Å²) in [5, 5.41) is 0. The van der Waals surface area contributed by atoms with Gasteiger partial charge in [0, 0.05) is 12.1 Å². The van der Waals surface area contributed by atoms with Crippen molar-refractivity contribution in [2.75, 3.05) is 6.54 Å². The molecule has 2 heteroatoms. The van der Waals surface area contributed by atoms with E-state index in [9.17, 15) is 0 Å². The number of halogens is 1. The van der Waals surface area contributed by atoms with Gasteiger partial charge in [-0.2, -0.15) is 0 Å². The second-order valence-electron chi connectivity index (χ2n) is 5.19. The Morgan fingerprint density at radius 3 is 1.62 bits per heavy atom. The lowest BCUT2D eigenvalue weighted by Crippen LogP contribution is -2.37. The summed E-state index contributed by atoms with van der Waals surface area (Å²) in [6.07, 6.45) is 8.41. The second kappa shape index (κ2) is 11.7. The van der Waals surface area contributed by atoms with Gasteiger partial charge < -0.3 is 0 Å². The average Bonchev–Trinajstić information content (AvgIpc) is 2.15. The Kier molecular flexibility index (Phi) is 13.6. The minimum absolute atomic E-state index is 0. The Balaban J connectivity index is 0. The first kappa shape index (κ1) is 18.6. The first-order valence-electron chi connectivity index (χ1n) is 6.85. The summed E-state index contributed by atoms with van der Waals surface area (Å²) < 4.78 is 0. The summed E-state index contributed by atoms with van der Waals surface area (Å²) in [4.78, 5) is 2.60. The van der Waals surface area contributed by atoms with E-state index in [1.807, 2.05) is 0 Å². The van der Waals surface area contributed by atoms with Gasteiger partial charge in [0.05, 0.1) is 0 Å². The molecule has 0 amide bonds. The zero-order valence-corrected chi connectivity index (χ0v) is 12.8. The van der Waals surface area contributed by atoms with Crippen LogP contribution in [-0.2, 0) is 0 Å². The number of unbranched alkanes of at least 4 members (excludes halogenated alkanes) is 5. The molecular formula is C14H32ClN. The van der Waals surface area contributed by atoms with Crippen LogP contribution in [0.2, 0.25) is 0 Å². The van der Waals surface area contributed by atoms with Gasteiger partial charge in [-0.25, -0.2) is 0 Å². The minimum Gasteiger partial charge on any atom is -0.299 e. The van der Waals surface area contributed by atoms with Crippen molar-refractivity contribution in [3.8, 4) is 0 Å². The summed E-state index contributed by atoms with van der Waals surface area (Å²) in [6.45, 7) is 12.8. The molecule has 100 valence electrons. The molecule has 0 aliphatic heterocycles. The van der Waals surface area contributed by atoms with E-state index in [2.05, 4.69) is 39.5 Å². The second-order valence-corrected chi connectivity index (χ2v) is 5.19. The van der Waals surface area contributed by atoms with E-state index in [4.69, 9.17) is 0 Å². The van der Waals surface area contributed by atoms with Gasteiger partial charge >= 0.3 is 0 Å². The molecule has 0 aromatic heterocycles. The molecular weight excluding hydrogens is 218 g/mol. The third kappa shape index (κ3) is 9.47. The predicted octanol–water partition coefficient (Wildman–Crippen LogP) is 4.89. The molecule has 0 rings (SSSR count). The fourth-order valence-corrected chi connectivity index (χ4v) is 2.19. The van der Waals surface area contributed by atoms with E-state index in [1.54, 1.807) is 0 Å². The van der Waals surface area contributed by atoms with E-state index in [1.165, 1.54) is 45.1 Å². The van der Waals surface area contributed by atoms with Crippen molar-refractivity contribution in [1.82, 2.24) is 4.90 Å². The average molecular weight is 250 g/mol. The largest absolute Gasteiger partial charge is 0.299 e. The Bertz CT molecular complexity index is 127. The molecule has 0 heterocycles. The van der Waals surface area contributed by atoms with Crippen molar-refractivity contribution in [2.24, 2.45) is 0 Å². The number of nitrogens with zero attached hydrogens (tertiary/aromatic N) is 1. The first-order chi connectivity index (χ1) is 7.09. The molecule has 0 aromatic carbocycles. The van der Waals surface area contributed by atoms with E-state index in [0.29, 0.717) is 12.1 Å². The molecule has 0 atom stereocenters. The van der Waals surface area contributed by atoms with Crippen LogP contribution in [0.5, 0.6) is 0 Å². The van der Waals surface area contributed by atoms with Crippen molar-refractivity contribution in [1.29, 1.82) is 0 Å². The summed E-state index contributed by atoms with van der Waals surface area (Å²) in [5.74, 6) is 0. The number of rotatable bonds is 9. The molecule has 0 N–H and O–H groups in total. The molecule has 16 heavy (non-hydrogen) atoms. The zero-order chi connectivity index (χ0) is 11.7. The molecule has 0 fully saturated rings. The quantitative estimate of drug-likeness (QED) is 0.526. The Hall–Kier alpha value is 0.250. The smallest absolute Gasteiger partial charge is 0.00412 e. The zero-order valence-electron chi connectivity index (χ0n) is 12.0. The van der Waals surface area contributed by atoms with Crippen LogP contribution in [0.15, 0.2) is 0 Å². The third-order valence-electron chi connectivity index (χ3n) is 3.10. The summed E-state index contributed by atoms with van der Waals surface area (Å²) in [7, 11) is 0. The van der Waals surface area contributed by atoms with Gasteiger partial charge in [-0.1, -0.05) is 39.0 Å². The van der Waals surface area contributed by atoms with E-state index < -0.39 is 0 Å². The Morgan fingerprint density at radius 1 is 0.750 bits per heavy atom. The molecule has 0 saturated heterocycles. The van der Waals surface area contributed by atoms with Gasteiger partial charge in [0.2, 0.25) is 0 Å². The van der Waals surface area contributed by atoms with Crippen LogP contribution in [0.3, 0.4) is 0 Å².